The molecule has 0 saturated heterocycles. The maximum Gasteiger partial charge on any atom is 0.220 e. The molecule has 1 amide bonds. The van der Waals surface area contributed by atoms with E-state index in [2.05, 4.69) is 5.32 Å². The zero-order valence-corrected chi connectivity index (χ0v) is 10.6. The fourth-order valence-electron chi connectivity index (χ4n) is 1.38. The van der Waals surface area contributed by atoms with E-state index in [0.29, 0.717) is 18.0 Å². The van der Waals surface area contributed by atoms with Gasteiger partial charge in [0.05, 0.1) is 0 Å². The van der Waals surface area contributed by atoms with Crippen molar-refractivity contribution in [1.29, 1.82) is 0 Å². The van der Waals surface area contributed by atoms with Gasteiger partial charge in [-0.3, -0.25) is 4.79 Å². The summed E-state index contributed by atoms with van der Waals surface area (Å²) < 4.78 is 0. The molecular weight excluding hydrogens is 238 g/mol. The van der Waals surface area contributed by atoms with Gasteiger partial charge in [-0.15, -0.1) is 0 Å². The highest BCUT2D eigenvalue weighted by molar-refractivity contribution is 6.30. The largest absolute Gasteiger partial charge is 0.356 e. The first kappa shape index (κ1) is 13.7. The van der Waals surface area contributed by atoms with Gasteiger partial charge in [-0.2, -0.15) is 0 Å². The van der Waals surface area contributed by atoms with Crippen LogP contribution in [-0.4, -0.2) is 18.2 Å². The molecule has 0 unspecified atom stereocenters. The predicted octanol–water partition coefficient (Wildman–Crippen LogP) is 2.37. The van der Waals surface area contributed by atoms with E-state index in [9.17, 15) is 9.59 Å². The van der Waals surface area contributed by atoms with E-state index in [1.165, 1.54) is 6.92 Å². The average molecular weight is 254 g/mol. The minimum atomic E-state index is -0.0748. The lowest BCUT2D eigenvalue weighted by molar-refractivity contribution is -0.124. The summed E-state index contributed by atoms with van der Waals surface area (Å²) in [6.07, 6.45) is 1.35. The van der Waals surface area contributed by atoms with Crippen molar-refractivity contribution in [3.63, 3.8) is 0 Å². The third-order valence-corrected chi connectivity index (χ3v) is 2.61. The first-order chi connectivity index (χ1) is 8.08. The predicted molar refractivity (Wildman–Crippen MR) is 68.1 cm³/mol. The molecule has 0 radical (unpaired) electrons. The SMILES string of the molecule is CC(=O)CCC(=O)NCCc1ccc(Cl)cc1. The van der Waals surface area contributed by atoms with Crippen LogP contribution in [0.3, 0.4) is 0 Å². The van der Waals surface area contributed by atoms with Crippen LogP contribution in [0.15, 0.2) is 24.3 Å². The number of halogens is 1. The van der Waals surface area contributed by atoms with Gasteiger partial charge in [-0.25, -0.2) is 0 Å². The number of amides is 1. The summed E-state index contributed by atoms with van der Waals surface area (Å²) in [6.45, 7) is 2.07. The number of hydrogen-bond donors (Lipinski definition) is 1. The minimum absolute atomic E-state index is 0.0397. The van der Waals surface area contributed by atoms with E-state index in [1.807, 2.05) is 24.3 Å². The Morgan fingerprint density at radius 3 is 2.41 bits per heavy atom. The van der Waals surface area contributed by atoms with Gasteiger partial charge < -0.3 is 10.1 Å². The Bertz CT molecular complexity index is 387. The lowest BCUT2D eigenvalue weighted by Gasteiger charge is -2.04. The number of nitrogens with one attached hydrogen (secondary N) is 1. The number of benzene rings is 1. The van der Waals surface area contributed by atoms with Crippen LogP contribution in [0.5, 0.6) is 0 Å². The van der Waals surface area contributed by atoms with Crippen molar-refractivity contribution in [2.75, 3.05) is 6.54 Å². The zero-order valence-electron chi connectivity index (χ0n) is 9.83. The molecule has 17 heavy (non-hydrogen) atoms. The lowest BCUT2D eigenvalue weighted by atomic mass is 10.1. The molecule has 0 bridgehead atoms. The van der Waals surface area contributed by atoms with Crippen LogP contribution in [0.4, 0.5) is 0 Å². The number of carbonyl (C=O) groups is 2. The van der Waals surface area contributed by atoms with Crippen LogP contribution < -0.4 is 5.32 Å². The van der Waals surface area contributed by atoms with Gasteiger partial charge in [0.1, 0.15) is 5.78 Å². The number of hydrogen-bond acceptors (Lipinski definition) is 2. The summed E-state index contributed by atoms with van der Waals surface area (Å²) in [7, 11) is 0. The van der Waals surface area contributed by atoms with E-state index in [-0.39, 0.29) is 18.1 Å². The Hall–Kier alpha value is -1.35. The van der Waals surface area contributed by atoms with Gasteiger partial charge in [0.25, 0.3) is 0 Å². The smallest absolute Gasteiger partial charge is 0.220 e. The van der Waals surface area contributed by atoms with Gasteiger partial charge in [-0.1, -0.05) is 23.7 Å². The molecule has 3 nitrogen and oxygen atoms in total. The highest BCUT2D eigenvalue weighted by atomic mass is 35.5. The summed E-state index contributed by atoms with van der Waals surface area (Å²) in [5, 5.41) is 3.48. The second kappa shape index (κ2) is 7.07. The Kier molecular flexibility index (Phi) is 5.70. The van der Waals surface area contributed by atoms with Gasteiger partial charge in [-0.05, 0) is 31.0 Å². The topological polar surface area (TPSA) is 46.2 Å². The van der Waals surface area contributed by atoms with Crippen LogP contribution in [0.2, 0.25) is 5.02 Å². The van der Waals surface area contributed by atoms with Crippen molar-refractivity contribution >= 4 is 23.3 Å². The van der Waals surface area contributed by atoms with Crippen molar-refractivity contribution in [3.05, 3.63) is 34.9 Å². The van der Waals surface area contributed by atoms with Crippen LogP contribution >= 0.6 is 11.6 Å². The van der Waals surface area contributed by atoms with E-state index >= 15 is 0 Å². The fourth-order valence-corrected chi connectivity index (χ4v) is 1.50. The number of rotatable bonds is 6. The van der Waals surface area contributed by atoms with Crippen LogP contribution in [-0.2, 0) is 16.0 Å². The molecule has 0 aliphatic carbocycles. The molecule has 0 aliphatic heterocycles. The molecule has 4 heteroatoms. The maximum atomic E-state index is 11.3. The van der Waals surface area contributed by atoms with E-state index in [1.54, 1.807) is 0 Å². The zero-order chi connectivity index (χ0) is 12.7. The summed E-state index contributed by atoms with van der Waals surface area (Å²) in [5.74, 6) is -0.0352. The Labute approximate surface area is 106 Å². The second-order valence-corrected chi connectivity index (χ2v) is 4.36. The van der Waals surface area contributed by atoms with Crippen molar-refractivity contribution in [1.82, 2.24) is 5.32 Å². The maximum absolute atomic E-state index is 11.3. The average Bonchev–Trinajstić information content (AvgIpc) is 2.29. The molecule has 0 spiro atoms. The monoisotopic (exact) mass is 253 g/mol. The summed E-state index contributed by atoms with van der Waals surface area (Å²) in [6, 6.07) is 7.52. The molecule has 92 valence electrons. The molecule has 1 aromatic carbocycles. The summed E-state index contributed by atoms with van der Waals surface area (Å²) >= 11 is 5.77. The molecule has 1 aromatic rings. The van der Waals surface area contributed by atoms with E-state index in [0.717, 1.165) is 12.0 Å². The van der Waals surface area contributed by atoms with Crippen molar-refractivity contribution in [2.24, 2.45) is 0 Å². The highest BCUT2D eigenvalue weighted by Crippen LogP contribution is 2.09. The Balaban J connectivity index is 2.21. The van der Waals surface area contributed by atoms with Crippen molar-refractivity contribution < 1.29 is 9.59 Å². The van der Waals surface area contributed by atoms with Gasteiger partial charge in [0, 0.05) is 24.4 Å². The van der Waals surface area contributed by atoms with Crippen LogP contribution in [0.1, 0.15) is 25.3 Å². The number of carbonyl (C=O) groups excluding carboxylic acids is 2. The summed E-state index contributed by atoms with van der Waals surface area (Å²) in [4.78, 5) is 22.0. The Morgan fingerprint density at radius 2 is 1.82 bits per heavy atom. The first-order valence-corrected chi connectivity index (χ1v) is 5.96. The molecule has 0 heterocycles. The molecule has 0 saturated carbocycles. The first-order valence-electron chi connectivity index (χ1n) is 5.58. The van der Waals surface area contributed by atoms with Crippen molar-refractivity contribution in [2.45, 2.75) is 26.2 Å². The third-order valence-electron chi connectivity index (χ3n) is 2.35. The van der Waals surface area contributed by atoms with E-state index in [4.69, 9.17) is 11.6 Å². The van der Waals surface area contributed by atoms with Crippen molar-refractivity contribution in [3.8, 4) is 0 Å². The third kappa shape index (κ3) is 6.07. The molecule has 1 N–H and O–H groups in total. The van der Waals surface area contributed by atoms with Gasteiger partial charge >= 0.3 is 0 Å². The molecule has 0 aliphatic rings. The van der Waals surface area contributed by atoms with E-state index < -0.39 is 0 Å². The quantitative estimate of drug-likeness (QED) is 0.846. The van der Waals surface area contributed by atoms with Crippen LogP contribution in [0, 0.1) is 0 Å². The molecule has 1 rings (SSSR count). The number of Topliss-reactive ketones (excluding diaryl/α,β-unsaturated/α-hetero) is 1. The normalized spacial score (nSPS) is 10.0. The van der Waals surface area contributed by atoms with Gasteiger partial charge in [0.2, 0.25) is 5.91 Å². The molecule has 0 aromatic heterocycles. The second-order valence-electron chi connectivity index (χ2n) is 3.93. The standard InChI is InChI=1S/C13H16ClNO2/c1-10(16)2-7-13(17)15-9-8-11-3-5-12(14)6-4-11/h3-6H,2,7-9H2,1H3,(H,15,17). The summed E-state index contributed by atoms with van der Waals surface area (Å²) in [5.41, 5.74) is 1.13. The fraction of sp³-hybridized carbons (Fsp3) is 0.385. The van der Waals surface area contributed by atoms with Crippen LogP contribution in [0.25, 0.3) is 0 Å². The molecule has 0 fully saturated rings. The molecular formula is C13H16ClNO2. The lowest BCUT2D eigenvalue weighted by Crippen LogP contribution is -2.25. The molecule has 0 atom stereocenters. The Morgan fingerprint density at radius 1 is 1.18 bits per heavy atom. The highest BCUT2D eigenvalue weighted by Gasteiger charge is 2.02. The minimum Gasteiger partial charge on any atom is -0.356 e. The van der Waals surface area contributed by atoms with Gasteiger partial charge in [0.15, 0.2) is 0 Å². The number of ketones is 1.